The van der Waals surface area contributed by atoms with Gasteiger partial charge in [0.25, 0.3) is 0 Å². The van der Waals surface area contributed by atoms with E-state index in [1.54, 1.807) is 20.8 Å². The van der Waals surface area contributed by atoms with Crippen molar-refractivity contribution < 1.29 is 9.53 Å². The maximum absolute atomic E-state index is 10.0. The van der Waals surface area contributed by atoms with Crippen LogP contribution >= 0.6 is 0 Å². The summed E-state index contributed by atoms with van der Waals surface area (Å²) in [6, 6.07) is 0.675. The van der Waals surface area contributed by atoms with E-state index in [1.807, 2.05) is 0 Å². The molecule has 1 fully saturated rings. The van der Waals surface area contributed by atoms with Crippen LogP contribution in [0.15, 0.2) is 0 Å². The van der Waals surface area contributed by atoms with Gasteiger partial charge in [0.05, 0.1) is 0 Å². The Morgan fingerprint density at radius 2 is 2.00 bits per heavy atom. The first-order valence-corrected chi connectivity index (χ1v) is 5.24. The molecule has 5 nitrogen and oxygen atoms in total. The number of nitrogens with one attached hydrogen (secondary N) is 2. The van der Waals surface area contributed by atoms with E-state index in [1.165, 1.54) is 0 Å². The highest BCUT2D eigenvalue weighted by molar-refractivity contribution is 5.65. The molecular weight excluding hydrogens is 194 g/mol. The Morgan fingerprint density at radius 3 is 2.13 bits per heavy atom. The molecule has 1 aliphatic heterocycles. The first-order valence-electron chi connectivity index (χ1n) is 5.24. The van der Waals surface area contributed by atoms with Crippen molar-refractivity contribution in [2.45, 2.75) is 39.3 Å². The van der Waals surface area contributed by atoms with E-state index in [2.05, 4.69) is 22.3 Å². The molecule has 1 heterocycles. The number of rotatable bonds is 0. The van der Waals surface area contributed by atoms with Crippen molar-refractivity contribution in [1.82, 2.24) is 10.6 Å². The highest BCUT2D eigenvalue weighted by Gasteiger charge is 2.12. The van der Waals surface area contributed by atoms with Gasteiger partial charge < -0.3 is 21.1 Å². The molecule has 1 aliphatic rings. The average molecular weight is 217 g/mol. The summed E-state index contributed by atoms with van der Waals surface area (Å²) < 4.78 is 4.58. The van der Waals surface area contributed by atoms with Crippen molar-refractivity contribution in [2.75, 3.05) is 19.6 Å². The number of hydrogen-bond donors (Lipinski definition) is 3. The summed E-state index contributed by atoms with van der Waals surface area (Å²) in [4.78, 5) is 10.0. The molecule has 1 unspecified atom stereocenters. The number of carbonyl (C=O) groups excluding carboxylic acids is 1. The van der Waals surface area contributed by atoms with Gasteiger partial charge in [-0.1, -0.05) is 0 Å². The van der Waals surface area contributed by atoms with Gasteiger partial charge in [-0.2, -0.15) is 0 Å². The zero-order valence-corrected chi connectivity index (χ0v) is 10.1. The number of primary amides is 1. The zero-order chi connectivity index (χ0) is 11.9. The summed E-state index contributed by atoms with van der Waals surface area (Å²) in [5.74, 6) is 0. The van der Waals surface area contributed by atoms with Crippen LogP contribution in [0.3, 0.4) is 0 Å². The second-order valence-electron chi connectivity index (χ2n) is 4.59. The molecule has 0 bridgehead atoms. The third kappa shape index (κ3) is 11.1. The van der Waals surface area contributed by atoms with Crippen LogP contribution in [-0.4, -0.2) is 37.4 Å². The predicted octanol–water partition coefficient (Wildman–Crippen LogP) is 0.448. The van der Waals surface area contributed by atoms with Crippen molar-refractivity contribution in [2.24, 2.45) is 5.73 Å². The molecule has 0 aromatic heterocycles. The summed E-state index contributed by atoms with van der Waals surface area (Å²) in [6.07, 6.45) is -0.725. The third-order valence-corrected chi connectivity index (χ3v) is 1.65. The maximum Gasteiger partial charge on any atom is 0.405 e. The van der Waals surface area contributed by atoms with E-state index in [0.717, 1.165) is 19.6 Å². The molecule has 1 amide bonds. The molecule has 5 heteroatoms. The highest BCUT2D eigenvalue weighted by Crippen LogP contribution is 2.04. The largest absolute Gasteiger partial charge is 0.444 e. The van der Waals surface area contributed by atoms with Gasteiger partial charge in [-0.3, -0.25) is 0 Å². The fourth-order valence-electron chi connectivity index (χ4n) is 1.10. The normalized spacial score (nSPS) is 21.2. The summed E-state index contributed by atoms with van der Waals surface area (Å²) in [5, 5.41) is 6.59. The van der Waals surface area contributed by atoms with E-state index < -0.39 is 11.7 Å². The number of nitrogens with two attached hydrogens (primary N) is 1. The van der Waals surface area contributed by atoms with Crippen molar-refractivity contribution in [1.29, 1.82) is 0 Å². The molecule has 0 aliphatic carbocycles. The fourth-order valence-corrected chi connectivity index (χ4v) is 1.10. The molecule has 4 N–H and O–H groups in total. The minimum absolute atomic E-state index is 0.453. The van der Waals surface area contributed by atoms with E-state index in [0.29, 0.717) is 6.04 Å². The molecule has 0 aromatic carbocycles. The fraction of sp³-hybridized carbons (Fsp3) is 0.900. The minimum Gasteiger partial charge on any atom is -0.444 e. The SMILES string of the molecule is CC(C)(C)OC(N)=O.CC1CNCCN1. The minimum atomic E-state index is -0.725. The van der Waals surface area contributed by atoms with Crippen LogP contribution in [0.25, 0.3) is 0 Å². The lowest BCUT2D eigenvalue weighted by atomic mass is 10.2. The van der Waals surface area contributed by atoms with Crippen LogP contribution in [0.4, 0.5) is 4.79 Å². The standard InChI is InChI=1S/C5H12N2.C5H11NO2/c1-5-4-6-2-3-7-5;1-5(2,3)8-4(6)7/h5-7H,2-4H2,1H3;1-3H3,(H2,6,7). The van der Waals surface area contributed by atoms with Gasteiger partial charge >= 0.3 is 6.09 Å². The van der Waals surface area contributed by atoms with Crippen LogP contribution in [-0.2, 0) is 4.74 Å². The molecule has 0 aromatic rings. The Kier molecular flexibility index (Phi) is 6.27. The first-order chi connectivity index (χ1) is 6.81. The predicted molar refractivity (Wildman–Crippen MR) is 60.8 cm³/mol. The van der Waals surface area contributed by atoms with Gasteiger partial charge in [0.1, 0.15) is 5.60 Å². The molecule has 15 heavy (non-hydrogen) atoms. The lowest BCUT2D eigenvalue weighted by molar-refractivity contribution is 0.0600. The van der Waals surface area contributed by atoms with Crippen LogP contribution in [0.2, 0.25) is 0 Å². The number of ether oxygens (including phenoxy) is 1. The van der Waals surface area contributed by atoms with Crippen molar-refractivity contribution in [3.63, 3.8) is 0 Å². The molecule has 0 spiro atoms. The number of amides is 1. The van der Waals surface area contributed by atoms with Gasteiger partial charge in [-0.05, 0) is 27.7 Å². The van der Waals surface area contributed by atoms with Crippen LogP contribution in [0.1, 0.15) is 27.7 Å². The maximum atomic E-state index is 10.0. The number of piperazine rings is 1. The Balaban J connectivity index is 0.000000262. The van der Waals surface area contributed by atoms with Gasteiger partial charge in [0.15, 0.2) is 0 Å². The summed E-state index contributed by atoms with van der Waals surface area (Å²) in [7, 11) is 0. The zero-order valence-electron chi connectivity index (χ0n) is 10.1. The molecule has 1 atom stereocenters. The lowest BCUT2D eigenvalue weighted by Gasteiger charge is -2.19. The summed E-state index contributed by atoms with van der Waals surface area (Å²) >= 11 is 0. The van der Waals surface area contributed by atoms with Crippen molar-refractivity contribution >= 4 is 6.09 Å². The van der Waals surface area contributed by atoms with E-state index in [4.69, 9.17) is 5.73 Å². The van der Waals surface area contributed by atoms with E-state index in [-0.39, 0.29) is 0 Å². The van der Waals surface area contributed by atoms with Gasteiger partial charge in [-0.15, -0.1) is 0 Å². The smallest absolute Gasteiger partial charge is 0.405 e. The Hall–Kier alpha value is -0.810. The second-order valence-corrected chi connectivity index (χ2v) is 4.59. The molecule has 90 valence electrons. The summed E-state index contributed by atoms with van der Waals surface area (Å²) in [6.45, 7) is 10.9. The molecular formula is C10H23N3O2. The van der Waals surface area contributed by atoms with Gasteiger partial charge in [0.2, 0.25) is 0 Å². The first kappa shape index (κ1) is 14.2. The average Bonchev–Trinajstić information content (AvgIpc) is 2.01. The van der Waals surface area contributed by atoms with Crippen LogP contribution in [0, 0.1) is 0 Å². The number of hydrogen-bond acceptors (Lipinski definition) is 4. The molecule has 1 saturated heterocycles. The van der Waals surface area contributed by atoms with E-state index in [9.17, 15) is 4.79 Å². The molecule has 0 saturated carbocycles. The Bertz CT molecular complexity index is 184. The number of carbonyl (C=O) groups is 1. The third-order valence-electron chi connectivity index (χ3n) is 1.65. The Labute approximate surface area is 91.7 Å². The summed E-state index contributed by atoms with van der Waals surface area (Å²) in [5.41, 5.74) is 4.26. The van der Waals surface area contributed by atoms with Gasteiger partial charge in [0, 0.05) is 25.7 Å². The van der Waals surface area contributed by atoms with Crippen LogP contribution in [0.5, 0.6) is 0 Å². The van der Waals surface area contributed by atoms with Gasteiger partial charge in [-0.25, -0.2) is 4.79 Å². The second kappa shape index (κ2) is 6.63. The van der Waals surface area contributed by atoms with Crippen LogP contribution < -0.4 is 16.4 Å². The highest BCUT2D eigenvalue weighted by atomic mass is 16.6. The van der Waals surface area contributed by atoms with Crippen molar-refractivity contribution in [3.05, 3.63) is 0 Å². The van der Waals surface area contributed by atoms with Crippen molar-refractivity contribution in [3.8, 4) is 0 Å². The lowest BCUT2D eigenvalue weighted by Crippen LogP contribution is -2.46. The van der Waals surface area contributed by atoms with E-state index >= 15 is 0 Å². The monoisotopic (exact) mass is 217 g/mol. The molecule has 1 rings (SSSR count). The quantitative estimate of drug-likeness (QED) is 0.550. The molecule has 0 radical (unpaired) electrons. The topological polar surface area (TPSA) is 76.4 Å². The Morgan fingerprint density at radius 1 is 1.40 bits per heavy atom.